The maximum atomic E-state index is 11.6. The molecule has 0 aliphatic carbocycles. The summed E-state index contributed by atoms with van der Waals surface area (Å²) in [6, 6.07) is 7.80. The van der Waals surface area contributed by atoms with Gasteiger partial charge in [0.25, 0.3) is 5.91 Å². The zero-order valence-corrected chi connectivity index (χ0v) is 13.9. The van der Waals surface area contributed by atoms with Crippen molar-refractivity contribution in [2.24, 2.45) is 0 Å². The maximum absolute atomic E-state index is 11.6. The number of carbonyl (C=O) groups excluding carboxylic acids is 1. The summed E-state index contributed by atoms with van der Waals surface area (Å²) in [5, 5.41) is 5.86. The number of carbonyl (C=O) groups is 1. The largest absolute Gasteiger partial charge is 0.481 e. The molecular weight excluding hydrogens is 296 g/mol. The first-order valence-corrected chi connectivity index (χ1v) is 8.32. The lowest BCUT2D eigenvalue weighted by molar-refractivity contribution is -0.124. The Labute approximate surface area is 134 Å². The molecule has 22 heavy (non-hydrogen) atoms. The smallest absolute Gasteiger partial charge is 0.261 e. The number of aromatic nitrogens is 1. The first-order valence-electron chi connectivity index (χ1n) is 7.44. The van der Waals surface area contributed by atoms with E-state index in [9.17, 15) is 4.79 Å². The Morgan fingerprint density at radius 3 is 2.82 bits per heavy atom. The molecule has 1 fully saturated rings. The predicted octanol–water partition coefficient (Wildman–Crippen LogP) is 3.37. The van der Waals surface area contributed by atoms with E-state index in [0.29, 0.717) is 18.7 Å². The lowest BCUT2D eigenvalue weighted by Crippen LogP contribution is -2.27. The molecular formula is C17H20N2O2S. The summed E-state index contributed by atoms with van der Waals surface area (Å²) in [6.45, 7) is 7.16. The van der Waals surface area contributed by atoms with E-state index < -0.39 is 0 Å². The molecule has 2 heterocycles. The molecule has 1 unspecified atom stereocenters. The highest BCUT2D eigenvalue weighted by molar-refractivity contribution is 7.13. The Morgan fingerprint density at radius 1 is 1.36 bits per heavy atom. The van der Waals surface area contributed by atoms with Crippen LogP contribution in [-0.4, -0.2) is 23.5 Å². The highest BCUT2D eigenvalue weighted by atomic mass is 32.1. The van der Waals surface area contributed by atoms with Gasteiger partial charge in [-0.15, -0.1) is 11.3 Å². The minimum atomic E-state index is -0.378. The molecule has 4 nitrogen and oxygen atoms in total. The van der Waals surface area contributed by atoms with Gasteiger partial charge in [-0.3, -0.25) is 4.79 Å². The van der Waals surface area contributed by atoms with Crippen LogP contribution in [0, 0.1) is 0 Å². The van der Waals surface area contributed by atoms with Crippen LogP contribution in [0.5, 0.6) is 5.75 Å². The summed E-state index contributed by atoms with van der Waals surface area (Å²) in [4.78, 5) is 16.3. The minimum Gasteiger partial charge on any atom is -0.481 e. The third-order valence-corrected chi connectivity index (χ3v) is 4.52. The van der Waals surface area contributed by atoms with Crippen LogP contribution in [0.4, 0.5) is 0 Å². The molecule has 1 atom stereocenters. The second-order valence-electron chi connectivity index (χ2n) is 6.50. The molecule has 2 aromatic rings. The molecule has 5 heteroatoms. The Balaban J connectivity index is 1.82. The molecule has 0 saturated carbocycles. The van der Waals surface area contributed by atoms with Crippen molar-refractivity contribution in [2.75, 3.05) is 6.54 Å². The van der Waals surface area contributed by atoms with E-state index in [1.54, 1.807) is 11.3 Å². The lowest BCUT2D eigenvalue weighted by Gasteiger charge is -2.14. The predicted molar refractivity (Wildman–Crippen MR) is 88.3 cm³/mol. The number of nitrogens with zero attached hydrogens (tertiary/aromatic N) is 1. The summed E-state index contributed by atoms with van der Waals surface area (Å²) in [5.41, 5.74) is 2.16. The summed E-state index contributed by atoms with van der Waals surface area (Å²) < 4.78 is 5.79. The number of rotatable bonds is 3. The van der Waals surface area contributed by atoms with Gasteiger partial charge in [0.15, 0.2) is 6.10 Å². The van der Waals surface area contributed by atoms with Crippen molar-refractivity contribution < 1.29 is 9.53 Å². The van der Waals surface area contributed by atoms with E-state index >= 15 is 0 Å². The number of thiazole rings is 1. The van der Waals surface area contributed by atoms with Gasteiger partial charge >= 0.3 is 0 Å². The topological polar surface area (TPSA) is 51.2 Å². The molecule has 1 amide bonds. The average Bonchev–Trinajstić information content (AvgIpc) is 3.09. The molecule has 0 spiro atoms. The summed E-state index contributed by atoms with van der Waals surface area (Å²) in [5.74, 6) is 0.682. The lowest BCUT2D eigenvalue weighted by atomic mass is 9.93. The number of hydrogen-bond donors (Lipinski definition) is 1. The van der Waals surface area contributed by atoms with Crippen molar-refractivity contribution in [3.63, 3.8) is 0 Å². The fourth-order valence-corrected chi connectivity index (χ4v) is 3.34. The van der Waals surface area contributed by atoms with Gasteiger partial charge in [-0.2, -0.15) is 0 Å². The van der Waals surface area contributed by atoms with Crippen molar-refractivity contribution >= 4 is 17.2 Å². The van der Waals surface area contributed by atoms with E-state index in [1.807, 2.05) is 24.3 Å². The second kappa shape index (κ2) is 5.72. The number of amides is 1. The molecule has 3 rings (SSSR count). The van der Waals surface area contributed by atoms with Crippen LogP contribution >= 0.6 is 11.3 Å². The molecule has 1 aromatic heterocycles. The summed E-state index contributed by atoms with van der Waals surface area (Å²) >= 11 is 1.64. The van der Waals surface area contributed by atoms with Gasteiger partial charge in [0.05, 0.1) is 5.69 Å². The van der Waals surface area contributed by atoms with E-state index in [4.69, 9.17) is 9.72 Å². The third kappa shape index (κ3) is 3.14. The quantitative estimate of drug-likeness (QED) is 0.944. The zero-order valence-electron chi connectivity index (χ0n) is 13.1. The fourth-order valence-electron chi connectivity index (χ4n) is 2.30. The maximum Gasteiger partial charge on any atom is 0.261 e. The third-order valence-electron chi connectivity index (χ3n) is 3.63. The number of nitrogens with one attached hydrogen (secondary N) is 1. The monoisotopic (exact) mass is 316 g/mol. The molecule has 1 aromatic carbocycles. The molecule has 1 saturated heterocycles. The number of benzene rings is 1. The van der Waals surface area contributed by atoms with Crippen molar-refractivity contribution in [1.82, 2.24) is 10.3 Å². The molecule has 0 bridgehead atoms. The Hall–Kier alpha value is -1.88. The van der Waals surface area contributed by atoms with Gasteiger partial charge in [0.2, 0.25) is 0 Å². The molecule has 1 N–H and O–H groups in total. The number of ether oxygens (including phenoxy) is 1. The van der Waals surface area contributed by atoms with Crippen LogP contribution in [0.15, 0.2) is 29.6 Å². The van der Waals surface area contributed by atoms with Crippen molar-refractivity contribution in [3.8, 4) is 16.3 Å². The molecule has 1 aliphatic rings. The zero-order chi connectivity index (χ0) is 15.7. The van der Waals surface area contributed by atoms with Crippen LogP contribution in [0.1, 0.15) is 32.9 Å². The van der Waals surface area contributed by atoms with Crippen LogP contribution in [0.2, 0.25) is 0 Å². The van der Waals surface area contributed by atoms with Crippen LogP contribution in [0.3, 0.4) is 0 Å². The first kappa shape index (κ1) is 15.0. The Kier molecular flexibility index (Phi) is 3.91. The van der Waals surface area contributed by atoms with E-state index in [1.165, 1.54) is 0 Å². The average molecular weight is 316 g/mol. The van der Waals surface area contributed by atoms with Gasteiger partial charge < -0.3 is 10.1 Å². The van der Waals surface area contributed by atoms with Crippen molar-refractivity contribution in [3.05, 3.63) is 35.3 Å². The van der Waals surface area contributed by atoms with Gasteiger partial charge in [-0.05, 0) is 12.1 Å². The first-order chi connectivity index (χ1) is 10.4. The fraction of sp³-hybridized carbons (Fsp3) is 0.412. The Morgan fingerprint density at radius 2 is 2.18 bits per heavy atom. The molecule has 0 radical (unpaired) electrons. The number of hydrogen-bond acceptors (Lipinski definition) is 4. The SMILES string of the molecule is CC(C)(C)c1csc(-c2cccc(OC3CCNC3=O)c2)n1. The molecule has 1 aliphatic heterocycles. The van der Waals surface area contributed by atoms with Gasteiger partial charge in [-0.1, -0.05) is 32.9 Å². The van der Waals surface area contributed by atoms with E-state index in [0.717, 1.165) is 16.3 Å². The van der Waals surface area contributed by atoms with Gasteiger partial charge in [0.1, 0.15) is 10.8 Å². The van der Waals surface area contributed by atoms with Crippen LogP contribution < -0.4 is 10.1 Å². The van der Waals surface area contributed by atoms with Crippen molar-refractivity contribution in [2.45, 2.75) is 38.7 Å². The summed E-state index contributed by atoms with van der Waals surface area (Å²) in [7, 11) is 0. The second-order valence-corrected chi connectivity index (χ2v) is 7.36. The van der Waals surface area contributed by atoms with Crippen LogP contribution in [-0.2, 0) is 10.2 Å². The van der Waals surface area contributed by atoms with Gasteiger partial charge in [0, 0.05) is 29.3 Å². The molecule has 116 valence electrons. The highest BCUT2D eigenvalue weighted by Crippen LogP contribution is 2.31. The minimum absolute atomic E-state index is 0.0327. The summed E-state index contributed by atoms with van der Waals surface area (Å²) in [6.07, 6.45) is 0.339. The Bertz CT molecular complexity index is 688. The van der Waals surface area contributed by atoms with E-state index in [-0.39, 0.29) is 17.4 Å². The standard InChI is InChI=1S/C17H20N2O2S/c1-17(2,3)14-10-22-16(19-14)11-5-4-6-12(9-11)21-13-7-8-18-15(13)20/h4-6,9-10,13H,7-8H2,1-3H3,(H,18,20). The van der Waals surface area contributed by atoms with Crippen LogP contribution in [0.25, 0.3) is 10.6 Å². The highest BCUT2D eigenvalue weighted by Gasteiger charge is 2.26. The van der Waals surface area contributed by atoms with E-state index in [2.05, 4.69) is 31.5 Å². The van der Waals surface area contributed by atoms with Crippen molar-refractivity contribution in [1.29, 1.82) is 0 Å². The normalized spacial score (nSPS) is 18.3. The van der Waals surface area contributed by atoms with Gasteiger partial charge in [-0.25, -0.2) is 4.98 Å².